The lowest BCUT2D eigenvalue weighted by molar-refractivity contribution is -0.117. The van der Waals surface area contributed by atoms with Crippen LogP contribution in [0.1, 0.15) is 20.3 Å². The van der Waals surface area contributed by atoms with Gasteiger partial charge in [-0.3, -0.25) is 4.79 Å². The summed E-state index contributed by atoms with van der Waals surface area (Å²) in [5.41, 5.74) is 5.19. The molecule has 5 heteroatoms. The standard InChI is InChI=1S/C10H14ClN3O/c1-10(2,12)6-9(15)14-8-5-7(11)3-4-13-8/h3-5H,6,12H2,1-2H3,(H,13,14,15). The lowest BCUT2D eigenvalue weighted by atomic mass is 10.0. The molecule has 1 heterocycles. The number of aromatic nitrogens is 1. The zero-order valence-electron chi connectivity index (χ0n) is 8.75. The van der Waals surface area contributed by atoms with Crippen molar-refractivity contribution >= 4 is 23.3 Å². The number of anilines is 1. The molecule has 3 N–H and O–H groups in total. The average molecular weight is 228 g/mol. The number of halogens is 1. The van der Waals surface area contributed by atoms with Gasteiger partial charge in [-0.05, 0) is 26.0 Å². The summed E-state index contributed by atoms with van der Waals surface area (Å²) in [6.45, 7) is 3.58. The lowest BCUT2D eigenvalue weighted by Gasteiger charge is -2.17. The topological polar surface area (TPSA) is 68.0 Å². The first-order valence-corrected chi connectivity index (χ1v) is 4.95. The Morgan fingerprint density at radius 3 is 2.87 bits per heavy atom. The van der Waals surface area contributed by atoms with Crippen LogP contribution in [0.15, 0.2) is 18.3 Å². The molecule has 0 saturated heterocycles. The van der Waals surface area contributed by atoms with E-state index in [4.69, 9.17) is 17.3 Å². The van der Waals surface area contributed by atoms with Crippen LogP contribution < -0.4 is 11.1 Å². The molecule has 0 saturated carbocycles. The molecule has 0 bridgehead atoms. The monoisotopic (exact) mass is 227 g/mol. The van der Waals surface area contributed by atoms with Gasteiger partial charge < -0.3 is 11.1 Å². The van der Waals surface area contributed by atoms with Crippen molar-refractivity contribution in [3.05, 3.63) is 23.4 Å². The third kappa shape index (κ3) is 4.76. The van der Waals surface area contributed by atoms with Crippen LogP contribution in [0.2, 0.25) is 5.02 Å². The van der Waals surface area contributed by atoms with Gasteiger partial charge in [0.25, 0.3) is 0 Å². The van der Waals surface area contributed by atoms with Crippen molar-refractivity contribution in [3.8, 4) is 0 Å². The van der Waals surface area contributed by atoms with Gasteiger partial charge in [-0.2, -0.15) is 0 Å². The van der Waals surface area contributed by atoms with Crippen molar-refractivity contribution in [2.24, 2.45) is 5.73 Å². The normalized spacial score (nSPS) is 11.2. The summed E-state index contributed by atoms with van der Waals surface area (Å²) in [4.78, 5) is 15.4. The predicted molar refractivity (Wildman–Crippen MR) is 60.8 cm³/mol. The third-order valence-corrected chi connectivity index (χ3v) is 1.84. The lowest BCUT2D eigenvalue weighted by Crippen LogP contribution is -2.36. The van der Waals surface area contributed by atoms with E-state index in [1.807, 2.05) is 0 Å². The SMILES string of the molecule is CC(C)(N)CC(=O)Nc1cc(Cl)ccn1. The van der Waals surface area contributed by atoms with Gasteiger partial charge in [-0.25, -0.2) is 4.98 Å². The molecule has 15 heavy (non-hydrogen) atoms. The first-order valence-electron chi connectivity index (χ1n) is 4.57. The Balaban J connectivity index is 2.59. The van der Waals surface area contributed by atoms with Gasteiger partial charge >= 0.3 is 0 Å². The number of pyridine rings is 1. The summed E-state index contributed by atoms with van der Waals surface area (Å²) in [6.07, 6.45) is 1.77. The minimum absolute atomic E-state index is 0.169. The van der Waals surface area contributed by atoms with E-state index in [9.17, 15) is 4.79 Å². The van der Waals surface area contributed by atoms with E-state index >= 15 is 0 Å². The Labute approximate surface area is 93.8 Å². The molecule has 0 aromatic carbocycles. The summed E-state index contributed by atoms with van der Waals surface area (Å²) < 4.78 is 0. The smallest absolute Gasteiger partial charge is 0.227 e. The van der Waals surface area contributed by atoms with Gasteiger partial charge in [0.2, 0.25) is 5.91 Å². The van der Waals surface area contributed by atoms with Crippen LogP contribution in [0, 0.1) is 0 Å². The maximum atomic E-state index is 11.5. The van der Waals surface area contributed by atoms with Gasteiger partial charge in [0, 0.05) is 23.2 Å². The quantitative estimate of drug-likeness (QED) is 0.828. The molecule has 1 aromatic heterocycles. The minimum Gasteiger partial charge on any atom is -0.325 e. The van der Waals surface area contributed by atoms with Crippen LogP contribution in [0.3, 0.4) is 0 Å². The molecule has 1 rings (SSSR count). The Morgan fingerprint density at radius 1 is 1.67 bits per heavy atom. The van der Waals surface area contributed by atoms with Crippen molar-refractivity contribution in [1.29, 1.82) is 0 Å². The highest BCUT2D eigenvalue weighted by atomic mass is 35.5. The van der Waals surface area contributed by atoms with Crippen LogP contribution in [0.25, 0.3) is 0 Å². The number of nitrogens with zero attached hydrogens (tertiary/aromatic N) is 1. The Bertz CT molecular complexity index is 360. The molecule has 0 unspecified atom stereocenters. The third-order valence-electron chi connectivity index (χ3n) is 1.61. The van der Waals surface area contributed by atoms with E-state index < -0.39 is 5.54 Å². The summed E-state index contributed by atoms with van der Waals surface area (Å²) >= 11 is 5.75. The zero-order valence-corrected chi connectivity index (χ0v) is 9.51. The fraction of sp³-hybridized carbons (Fsp3) is 0.400. The maximum Gasteiger partial charge on any atom is 0.227 e. The molecule has 1 amide bonds. The fourth-order valence-electron chi connectivity index (χ4n) is 1.07. The molecule has 0 radical (unpaired) electrons. The van der Waals surface area contributed by atoms with Crippen molar-refractivity contribution in [2.75, 3.05) is 5.32 Å². The molecule has 0 aliphatic heterocycles. The molecule has 0 aliphatic rings. The number of nitrogens with two attached hydrogens (primary N) is 1. The second-order valence-corrected chi connectivity index (χ2v) is 4.51. The van der Waals surface area contributed by atoms with E-state index in [1.54, 1.807) is 26.0 Å². The Morgan fingerprint density at radius 2 is 2.33 bits per heavy atom. The highest BCUT2D eigenvalue weighted by molar-refractivity contribution is 6.30. The summed E-state index contributed by atoms with van der Waals surface area (Å²) in [6, 6.07) is 3.23. The van der Waals surface area contributed by atoms with E-state index in [0.717, 1.165) is 0 Å². The number of carbonyl (C=O) groups is 1. The first-order chi connectivity index (χ1) is 6.87. The fourth-order valence-corrected chi connectivity index (χ4v) is 1.23. The molecular weight excluding hydrogens is 214 g/mol. The van der Waals surface area contributed by atoms with E-state index in [2.05, 4.69) is 10.3 Å². The Kier molecular flexibility index (Phi) is 3.66. The second-order valence-electron chi connectivity index (χ2n) is 4.07. The molecule has 0 spiro atoms. The molecular formula is C10H14ClN3O. The average Bonchev–Trinajstić information content (AvgIpc) is 1.99. The molecule has 82 valence electrons. The van der Waals surface area contributed by atoms with Crippen LogP contribution in [-0.4, -0.2) is 16.4 Å². The van der Waals surface area contributed by atoms with Crippen LogP contribution in [0.5, 0.6) is 0 Å². The molecule has 0 atom stereocenters. The number of hydrogen-bond acceptors (Lipinski definition) is 3. The maximum absolute atomic E-state index is 11.5. The van der Waals surface area contributed by atoms with Gasteiger partial charge in [0.15, 0.2) is 0 Å². The van der Waals surface area contributed by atoms with Crippen LogP contribution >= 0.6 is 11.6 Å². The largest absolute Gasteiger partial charge is 0.325 e. The van der Waals surface area contributed by atoms with E-state index in [-0.39, 0.29) is 12.3 Å². The number of hydrogen-bond donors (Lipinski definition) is 2. The van der Waals surface area contributed by atoms with Crippen molar-refractivity contribution in [2.45, 2.75) is 25.8 Å². The molecule has 0 aliphatic carbocycles. The van der Waals surface area contributed by atoms with Crippen LogP contribution in [-0.2, 0) is 4.79 Å². The van der Waals surface area contributed by atoms with Gasteiger partial charge in [0.05, 0.1) is 0 Å². The number of nitrogens with one attached hydrogen (secondary N) is 1. The summed E-state index contributed by atoms with van der Waals surface area (Å²) in [5, 5.41) is 3.16. The van der Waals surface area contributed by atoms with Crippen molar-refractivity contribution in [3.63, 3.8) is 0 Å². The predicted octanol–water partition coefficient (Wildman–Crippen LogP) is 1.80. The highest BCUT2D eigenvalue weighted by Gasteiger charge is 2.16. The van der Waals surface area contributed by atoms with E-state index in [1.165, 1.54) is 6.20 Å². The summed E-state index contributed by atoms with van der Waals surface area (Å²) in [5.74, 6) is 0.272. The van der Waals surface area contributed by atoms with Gasteiger partial charge in [-0.15, -0.1) is 0 Å². The molecule has 1 aromatic rings. The Hall–Kier alpha value is -1.13. The van der Waals surface area contributed by atoms with E-state index in [0.29, 0.717) is 10.8 Å². The zero-order chi connectivity index (χ0) is 11.5. The first kappa shape index (κ1) is 11.9. The van der Waals surface area contributed by atoms with Gasteiger partial charge in [-0.1, -0.05) is 11.6 Å². The summed E-state index contributed by atoms with van der Waals surface area (Å²) in [7, 11) is 0. The molecule has 0 fully saturated rings. The number of rotatable bonds is 3. The van der Waals surface area contributed by atoms with Crippen molar-refractivity contribution < 1.29 is 4.79 Å². The van der Waals surface area contributed by atoms with Crippen molar-refractivity contribution in [1.82, 2.24) is 4.98 Å². The second kappa shape index (κ2) is 4.59. The minimum atomic E-state index is -0.525. The van der Waals surface area contributed by atoms with Gasteiger partial charge in [0.1, 0.15) is 5.82 Å². The van der Waals surface area contributed by atoms with Crippen LogP contribution in [0.4, 0.5) is 5.82 Å². The number of carbonyl (C=O) groups excluding carboxylic acids is 1. The molecule has 4 nitrogen and oxygen atoms in total. The number of amides is 1. The highest BCUT2D eigenvalue weighted by Crippen LogP contribution is 2.13.